The Morgan fingerprint density at radius 1 is 1.37 bits per heavy atom. The fourth-order valence-electron chi connectivity index (χ4n) is 1.73. The fraction of sp³-hybridized carbons (Fsp3) is 0. The summed E-state index contributed by atoms with van der Waals surface area (Å²) in [4.78, 5) is 18.4. The highest BCUT2D eigenvalue weighted by molar-refractivity contribution is 5.99. The third-order valence-corrected chi connectivity index (χ3v) is 2.62. The Kier molecular flexibility index (Phi) is 2.77. The van der Waals surface area contributed by atoms with Gasteiger partial charge in [0.15, 0.2) is 0 Å². The number of para-hydroxylation sites is 1. The van der Waals surface area contributed by atoms with E-state index in [0.29, 0.717) is 0 Å². The second-order valence-corrected chi connectivity index (χ2v) is 3.82. The van der Waals surface area contributed by atoms with E-state index in [1.807, 2.05) is 30.5 Å². The Labute approximate surface area is 107 Å². The van der Waals surface area contributed by atoms with Crippen molar-refractivity contribution < 1.29 is 4.79 Å². The molecule has 2 heterocycles. The number of nitrogens with zero attached hydrogens (tertiary/aromatic N) is 3. The quantitative estimate of drug-likeness (QED) is 0.481. The minimum Gasteiger partial charge on any atom is -0.361 e. The average Bonchev–Trinajstić information content (AvgIpc) is 3.08. The van der Waals surface area contributed by atoms with Crippen LogP contribution in [-0.4, -0.2) is 32.3 Å². The zero-order valence-electron chi connectivity index (χ0n) is 9.79. The van der Waals surface area contributed by atoms with Crippen LogP contribution in [0.3, 0.4) is 0 Å². The summed E-state index contributed by atoms with van der Waals surface area (Å²) in [5.41, 5.74) is 4.29. The third-order valence-electron chi connectivity index (χ3n) is 2.62. The fourth-order valence-corrected chi connectivity index (χ4v) is 1.73. The van der Waals surface area contributed by atoms with Gasteiger partial charge in [0.25, 0.3) is 0 Å². The maximum absolute atomic E-state index is 11.5. The van der Waals surface area contributed by atoms with Crippen LogP contribution in [0.1, 0.15) is 16.2 Å². The summed E-state index contributed by atoms with van der Waals surface area (Å²) in [5.74, 6) is -0.315. The molecule has 1 aromatic carbocycles. The van der Waals surface area contributed by atoms with Gasteiger partial charge in [0.1, 0.15) is 6.33 Å². The number of nitrogens with one attached hydrogen (secondary N) is 3. The van der Waals surface area contributed by atoms with Gasteiger partial charge < -0.3 is 4.98 Å². The van der Waals surface area contributed by atoms with Crippen molar-refractivity contribution in [2.75, 3.05) is 0 Å². The van der Waals surface area contributed by atoms with Gasteiger partial charge in [-0.05, 0) is 6.07 Å². The number of hydrogen-bond donors (Lipinski definition) is 3. The first-order valence-corrected chi connectivity index (χ1v) is 5.59. The van der Waals surface area contributed by atoms with Crippen LogP contribution in [0.25, 0.3) is 10.9 Å². The number of amides is 1. The first kappa shape index (κ1) is 11.1. The Balaban J connectivity index is 1.75. The number of carbonyl (C=O) groups excluding carboxylic acids is 1. The molecule has 0 spiro atoms. The molecular formula is C12H10N6O. The van der Waals surface area contributed by atoms with E-state index in [9.17, 15) is 4.79 Å². The highest BCUT2D eigenvalue weighted by Crippen LogP contribution is 2.15. The Hall–Kier alpha value is -2.96. The van der Waals surface area contributed by atoms with E-state index < -0.39 is 5.91 Å². The van der Waals surface area contributed by atoms with Gasteiger partial charge in [-0.15, -0.1) is 0 Å². The molecule has 2 aromatic heterocycles. The van der Waals surface area contributed by atoms with Gasteiger partial charge >= 0.3 is 5.91 Å². The molecule has 0 aliphatic carbocycles. The number of hydrogen-bond acceptors (Lipinski definition) is 4. The molecule has 7 heteroatoms. The Bertz CT molecular complexity index is 728. The molecule has 7 nitrogen and oxygen atoms in total. The minimum absolute atomic E-state index is 0.121. The summed E-state index contributed by atoms with van der Waals surface area (Å²) in [6.45, 7) is 0. The second-order valence-electron chi connectivity index (χ2n) is 3.82. The lowest BCUT2D eigenvalue weighted by atomic mass is 10.2. The van der Waals surface area contributed by atoms with Crippen molar-refractivity contribution >= 4 is 23.0 Å². The van der Waals surface area contributed by atoms with Gasteiger partial charge in [-0.1, -0.05) is 18.2 Å². The maximum Gasteiger partial charge on any atom is 0.308 e. The van der Waals surface area contributed by atoms with Crippen LogP contribution in [0.5, 0.6) is 0 Å². The number of aromatic nitrogens is 4. The summed E-state index contributed by atoms with van der Waals surface area (Å²) in [7, 11) is 0. The monoisotopic (exact) mass is 254 g/mol. The van der Waals surface area contributed by atoms with Crippen LogP contribution in [0.4, 0.5) is 0 Å². The summed E-state index contributed by atoms with van der Waals surface area (Å²) >= 11 is 0. The SMILES string of the molecule is O=C(N/N=C/c1c[nH]c2ccccc12)c1ncn[nH]1. The summed E-state index contributed by atoms with van der Waals surface area (Å²) < 4.78 is 0. The molecule has 3 aromatic rings. The maximum atomic E-state index is 11.5. The third kappa shape index (κ3) is 2.21. The van der Waals surface area contributed by atoms with E-state index in [1.165, 1.54) is 6.33 Å². The molecule has 0 bridgehead atoms. The van der Waals surface area contributed by atoms with Crippen molar-refractivity contribution in [3.8, 4) is 0 Å². The number of carbonyl (C=O) groups is 1. The average molecular weight is 254 g/mol. The molecule has 0 aliphatic rings. The molecule has 0 radical (unpaired) electrons. The number of fused-ring (bicyclic) bond motifs is 1. The zero-order chi connectivity index (χ0) is 13.1. The number of H-pyrrole nitrogens is 2. The van der Waals surface area contributed by atoms with E-state index in [1.54, 1.807) is 6.21 Å². The lowest BCUT2D eigenvalue weighted by Gasteiger charge is -1.94. The highest BCUT2D eigenvalue weighted by atomic mass is 16.2. The predicted molar refractivity (Wildman–Crippen MR) is 69.7 cm³/mol. The molecular weight excluding hydrogens is 244 g/mol. The van der Waals surface area contributed by atoms with E-state index in [4.69, 9.17) is 0 Å². The van der Waals surface area contributed by atoms with Crippen LogP contribution in [0.2, 0.25) is 0 Å². The largest absolute Gasteiger partial charge is 0.361 e. The molecule has 3 rings (SSSR count). The van der Waals surface area contributed by atoms with E-state index >= 15 is 0 Å². The van der Waals surface area contributed by atoms with Gasteiger partial charge in [0.05, 0.1) is 6.21 Å². The first-order valence-electron chi connectivity index (χ1n) is 5.59. The number of rotatable bonds is 3. The van der Waals surface area contributed by atoms with Gasteiger partial charge in [-0.25, -0.2) is 10.4 Å². The van der Waals surface area contributed by atoms with Crippen molar-refractivity contribution in [1.82, 2.24) is 25.6 Å². The molecule has 0 atom stereocenters. The molecule has 19 heavy (non-hydrogen) atoms. The lowest BCUT2D eigenvalue weighted by Crippen LogP contribution is -2.19. The molecule has 94 valence electrons. The minimum atomic E-state index is -0.436. The number of aromatic amines is 2. The molecule has 3 N–H and O–H groups in total. The topological polar surface area (TPSA) is 98.8 Å². The summed E-state index contributed by atoms with van der Waals surface area (Å²) in [6, 6.07) is 7.84. The predicted octanol–water partition coefficient (Wildman–Crippen LogP) is 1.05. The van der Waals surface area contributed by atoms with E-state index in [0.717, 1.165) is 16.5 Å². The van der Waals surface area contributed by atoms with Gasteiger partial charge in [0.2, 0.25) is 5.82 Å². The lowest BCUT2D eigenvalue weighted by molar-refractivity contribution is 0.0945. The Morgan fingerprint density at radius 3 is 3.11 bits per heavy atom. The Morgan fingerprint density at radius 2 is 2.26 bits per heavy atom. The normalized spacial score (nSPS) is 11.2. The van der Waals surface area contributed by atoms with Crippen LogP contribution >= 0.6 is 0 Å². The number of hydrazone groups is 1. The molecule has 0 unspecified atom stereocenters. The van der Waals surface area contributed by atoms with Crippen LogP contribution < -0.4 is 5.43 Å². The first-order chi connectivity index (χ1) is 9.34. The van der Waals surface area contributed by atoms with Crippen LogP contribution in [0, 0.1) is 0 Å². The molecule has 0 saturated heterocycles. The van der Waals surface area contributed by atoms with Crippen molar-refractivity contribution in [3.05, 3.63) is 48.2 Å². The smallest absolute Gasteiger partial charge is 0.308 e. The zero-order valence-corrected chi connectivity index (χ0v) is 9.79. The summed E-state index contributed by atoms with van der Waals surface area (Å²) in [6.07, 6.45) is 4.67. The van der Waals surface area contributed by atoms with E-state index in [2.05, 4.69) is 30.7 Å². The van der Waals surface area contributed by atoms with Crippen molar-refractivity contribution in [2.24, 2.45) is 5.10 Å². The molecule has 0 aliphatic heterocycles. The number of benzene rings is 1. The van der Waals surface area contributed by atoms with Gasteiger partial charge in [0, 0.05) is 22.7 Å². The van der Waals surface area contributed by atoms with Crippen molar-refractivity contribution in [1.29, 1.82) is 0 Å². The van der Waals surface area contributed by atoms with Gasteiger partial charge in [-0.2, -0.15) is 10.2 Å². The van der Waals surface area contributed by atoms with E-state index in [-0.39, 0.29) is 5.82 Å². The molecule has 0 saturated carbocycles. The highest BCUT2D eigenvalue weighted by Gasteiger charge is 2.06. The molecule has 0 fully saturated rings. The summed E-state index contributed by atoms with van der Waals surface area (Å²) in [5, 5.41) is 11.0. The van der Waals surface area contributed by atoms with Crippen LogP contribution in [-0.2, 0) is 0 Å². The van der Waals surface area contributed by atoms with Crippen molar-refractivity contribution in [3.63, 3.8) is 0 Å². The van der Waals surface area contributed by atoms with Crippen molar-refractivity contribution in [2.45, 2.75) is 0 Å². The molecule has 1 amide bonds. The standard InChI is InChI=1S/C12H10N6O/c19-12(11-14-7-16-17-11)18-15-6-8-5-13-10-4-2-1-3-9(8)10/h1-7,13H,(H,18,19)(H,14,16,17)/b15-6+. The van der Waals surface area contributed by atoms with Crippen LogP contribution in [0.15, 0.2) is 41.9 Å². The van der Waals surface area contributed by atoms with Gasteiger partial charge in [-0.3, -0.25) is 9.89 Å². The second kappa shape index (κ2) is 4.73.